The molecule has 1 saturated heterocycles. The maximum absolute atomic E-state index is 13.7. The number of pyridine rings is 1. The smallest absolute Gasteiger partial charge is 0.295 e. The number of rotatable bonds is 4. The van der Waals surface area contributed by atoms with Crippen molar-refractivity contribution in [2.24, 2.45) is 7.05 Å². The van der Waals surface area contributed by atoms with Gasteiger partial charge in [-0.25, -0.2) is 0 Å². The molecule has 4 heterocycles. The number of nitrogens with one attached hydrogen (secondary N) is 2. The zero-order valence-electron chi connectivity index (χ0n) is 18.3. The van der Waals surface area contributed by atoms with E-state index >= 15 is 0 Å². The molecule has 1 unspecified atom stereocenters. The van der Waals surface area contributed by atoms with E-state index in [1.807, 2.05) is 32.2 Å². The van der Waals surface area contributed by atoms with Gasteiger partial charge in [-0.3, -0.25) is 14.5 Å². The normalized spacial score (nSPS) is 22.6. The molecule has 1 amide bonds. The van der Waals surface area contributed by atoms with Crippen LogP contribution in [0, 0.1) is 6.92 Å². The van der Waals surface area contributed by atoms with Crippen LogP contribution in [0.3, 0.4) is 0 Å². The molecule has 9 nitrogen and oxygen atoms in total. The molecule has 166 valence electrons. The van der Waals surface area contributed by atoms with E-state index in [-0.39, 0.29) is 12.0 Å². The lowest BCUT2D eigenvalue weighted by molar-refractivity contribution is -0.137. The molecule has 32 heavy (non-hydrogen) atoms. The number of amides is 1. The van der Waals surface area contributed by atoms with Crippen LogP contribution < -0.4 is 15.5 Å². The van der Waals surface area contributed by atoms with E-state index < -0.39 is 5.72 Å². The third-order valence-electron chi connectivity index (χ3n) is 6.03. The topological polar surface area (TPSA) is 105 Å². The average Bonchev–Trinajstić information content (AvgIpc) is 3.47. The van der Waals surface area contributed by atoms with Crippen LogP contribution in [0.25, 0.3) is 10.9 Å². The lowest BCUT2D eigenvalue weighted by Crippen LogP contribution is -2.49. The van der Waals surface area contributed by atoms with Gasteiger partial charge in [0, 0.05) is 49.2 Å². The molecule has 1 fully saturated rings. The summed E-state index contributed by atoms with van der Waals surface area (Å²) in [6.45, 7) is 4.89. The molecule has 2 aliphatic heterocycles. The van der Waals surface area contributed by atoms with Gasteiger partial charge >= 0.3 is 0 Å². The summed E-state index contributed by atoms with van der Waals surface area (Å²) in [5.41, 5.74) is 2.43. The minimum absolute atomic E-state index is 0.348. The van der Waals surface area contributed by atoms with Crippen LogP contribution in [0.15, 0.2) is 48.6 Å². The number of anilines is 2. The van der Waals surface area contributed by atoms with Crippen molar-refractivity contribution in [2.75, 3.05) is 23.3 Å². The number of carbonyl (C=O) groups is 1. The Bertz CT molecular complexity index is 1240. The lowest BCUT2D eigenvalue weighted by atomic mass is 10.0. The molecule has 5 rings (SSSR count). The first kappa shape index (κ1) is 20.3. The minimum atomic E-state index is -1.40. The Labute approximate surface area is 185 Å². The highest BCUT2D eigenvalue weighted by Crippen LogP contribution is 2.36. The zero-order chi connectivity index (χ0) is 22.5. The Balaban J connectivity index is 1.56. The molecule has 9 heteroatoms. The van der Waals surface area contributed by atoms with Crippen molar-refractivity contribution in [2.45, 2.75) is 32.1 Å². The maximum Gasteiger partial charge on any atom is 0.295 e. The Kier molecular flexibility index (Phi) is 4.78. The summed E-state index contributed by atoms with van der Waals surface area (Å²) in [7, 11) is 1.86. The number of benzene rings is 1. The molecule has 2 aromatic heterocycles. The molecular formula is C23H26N6O3. The van der Waals surface area contributed by atoms with Crippen molar-refractivity contribution in [1.82, 2.24) is 20.1 Å². The maximum atomic E-state index is 13.7. The molecule has 2 atom stereocenters. The van der Waals surface area contributed by atoms with Gasteiger partial charge in [0.1, 0.15) is 5.76 Å². The molecule has 2 aliphatic rings. The predicted molar refractivity (Wildman–Crippen MR) is 121 cm³/mol. The van der Waals surface area contributed by atoms with E-state index in [2.05, 4.69) is 25.6 Å². The number of aliphatic hydroxyl groups is 1. The van der Waals surface area contributed by atoms with E-state index in [4.69, 9.17) is 4.74 Å². The molecule has 3 aromatic rings. The number of ether oxygens (including phenoxy) is 1. The number of hydrogen-bond acceptors (Lipinski definition) is 7. The summed E-state index contributed by atoms with van der Waals surface area (Å²) >= 11 is 0. The van der Waals surface area contributed by atoms with E-state index in [9.17, 15) is 9.90 Å². The van der Waals surface area contributed by atoms with E-state index in [1.54, 1.807) is 36.3 Å². The third kappa shape index (κ3) is 3.34. The first-order valence-corrected chi connectivity index (χ1v) is 10.6. The fraction of sp³-hybridized carbons (Fsp3) is 0.348. The highest BCUT2D eigenvalue weighted by molar-refractivity contribution is 6.03. The van der Waals surface area contributed by atoms with Crippen LogP contribution in [0.4, 0.5) is 11.4 Å². The van der Waals surface area contributed by atoms with Crippen LogP contribution in [0.1, 0.15) is 24.6 Å². The van der Waals surface area contributed by atoms with Gasteiger partial charge in [-0.15, -0.1) is 0 Å². The summed E-state index contributed by atoms with van der Waals surface area (Å²) in [5.74, 6) is 0.262. The molecule has 0 saturated carbocycles. The van der Waals surface area contributed by atoms with Gasteiger partial charge < -0.3 is 25.4 Å². The van der Waals surface area contributed by atoms with Crippen molar-refractivity contribution >= 4 is 28.2 Å². The SMILES string of the molecule is CC1=CN[C@@](C(=O)Nc2cc3c(cnn3C)cc2N2CCC(O)C2)(c2ccnc(C)c2)O1. The van der Waals surface area contributed by atoms with Crippen molar-refractivity contribution in [1.29, 1.82) is 0 Å². The monoisotopic (exact) mass is 434 g/mol. The van der Waals surface area contributed by atoms with Gasteiger partial charge in [0.05, 0.1) is 29.2 Å². The third-order valence-corrected chi connectivity index (χ3v) is 6.03. The van der Waals surface area contributed by atoms with Crippen LogP contribution in [-0.2, 0) is 22.3 Å². The Morgan fingerprint density at radius 3 is 2.88 bits per heavy atom. The van der Waals surface area contributed by atoms with Gasteiger partial charge in [-0.05, 0) is 44.5 Å². The largest absolute Gasteiger partial charge is 0.458 e. The standard InChI is InChI=1S/C23H26N6O3/c1-14-8-17(4-6-24-14)23(25-11-15(2)32-23)22(31)27-19-10-20-16(12-26-28(20)3)9-21(19)29-7-5-18(30)13-29/h4,6,8-12,18,25,30H,5,7,13H2,1-3H3,(H,27,31)/t18?,23-/m0/s1. The summed E-state index contributed by atoms with van der Waals surface area (Å²) < 4.78 is 7.81. The second-order valence-electron chi connectivity index (χ2n) is 8.41. The van der Waals surface area contributed by atoms with Crippen molar-refractivity contribution < 1.29 is 14.6 Å². The Morgan fingerprint density at radius 1 is 1.34 bits per heavy atom. The Morgan fingerprint density at radius 2 is 2.19 bits per heavy atom. The molecule has 3 N–H and O–H groups in total. The van der Waals surface area contributed by atoms with E-state index in [0.717, 1.165) is 22.3 Å². The molecule has 0 aliphatic carbocycles. The lowest BCUT2D eigenvalue weighted by Gasteiger charge is -2.30. The molecule has 0 bridgehead atoms. The average molecular weight is 435 g/mol. The molecule has 0 spiro atoms. The first-order valence-electron chi connectivity index (χ1n) is 10.6. The molecule has 1 aromatic carbocycles. The summed E-state index contributed by atoms with van der Waals surface area (Å²) in [5, 5.41) is 21.6. The molecular weight excluding hydrogens is 408 g/mol. The van der Waals surface area contributed by atoms with Crippen LogP contribution in [-0.4, -0.2) is 45.0 Å². The number of β-amino-alcohol motifs (C(OH)–C–C–N with tert-alkyl or cyclic N) is 1. The van der Waals surface area contributed by atoms with Gasteiger partial charge in [-0.2, -0.15) is 5.10 Å². The fourth-order valence-electron chi connectivity index (χ4n) is 4.37. The van der Waals surface area contributed by atoms with Crippen LogP contribution in [0.5, 0.6) is 0 Å². The number of aliphatic hydroxyl groups excluding tert-OH is 1. The number of carbonyl (C=O) groups excluding carboxylic acids is 1. The van der Waals surface area contributed by atoms with Crippen molar-refractivity contribution in [3.63, 3.8) is 0 Å². The summed E-state index contributed by atoms with van der Waals surface area (Å²) in [6, 6.07) is 7.53. The zero-order valence-corrected chi connectivity index (χ0v) is 18.3. The fourth-order valence-corrected chi connectivity index (χ4v) is 4.37. The minimum Gasteiger partial charge on any atom is -0.458 e. The number of aromatic nitrogens is 3. The molecule has 0 radical (unpaired) electrons. The van der Waals surface area contributed by atoms with Crippen molar-refractivity contribution in [3.8, 4) is 0 Å². The first-order chi connectivity index (χ1) is 15.4. The number of fused-ring (bicyclic) bond motifs is 1. The number of allylic oxidation sites excluding steroid dienone is 1. The number of nitrogens with zero attached hydrogens (tertiary/aromatic N) is 4. The predicted octanol–water partition coefficient (Wildman–Crippen LogP) is 2.12. The summed E-state index contributed by atoms with van der Waals surface area (Å²) in [4.78, 5) is 20.1. The number of aryl methyl sites for hydroxylation is 2. The van der Waals surface area contributed by atoms with Gasteiger partial charge in [0.15, 0.2) is 0 Å². The number of hydrogen-bond donors (Lipinski definition) is 3. The van der Waals surface area contributed by atoms with E-state index in [1.165, 1.54) is 0 Å². The van der Waals surface area contributed by atoms with Crippen LogP contribution >= 0.6 is 0 Å². The van der Waals surface area contributed by atoms with Gasteiger partial charge in [0.25, 0.3) is 11.6 Å². The van der Waals surface area contributed by atoms with Gasteiger partial charge in [0.2, 0.25) is 0 Å². The second-order valence-corrected chi connectivity index (χ2v) is 8.41. The highest BCUT2D eigenvalue weighted by atomic mass is 16.5. The van der Waals surface area contributed by atoms with Crippen LogP contribution in [0.2, 0.25) is 0 Å². The van der Waals surface area contributed by atoms with Gasteiger partial charge in [-0.1, -0.05) is 0 Å². The summed E-state index contributed by atoms with van der Waals surface area (Å²) in [6.07, 6.45) is 5.45. The Hall–Kier alpha value is -3.59. The second kappa shape index (κ2) is 7.52. The van der Waals surface area contributed by atoms with E-state index in [0.29, 0.717) is 36.5 Å². The van der Waals surface area contributed by atoms with Crippen molar-refractivity contribution in [3.05, 3.63) is 59.9 Å². The highest BCUT2D eigenvalue weighted by Gasteiger charge is 2.46. The quantitative estimate of drug-likeness (QED) is 0.578.